The molecule has 0 amide bonds. The van der Waals surface area contributed by atoms with Gasteiger partial charge in [-0.2, -0.15) is 5.26 Å². The molecule has 1 aromatic carbocycles. The van der Waals surface area contributed by atoms with Gasteiger partial charge < -0.3 is 15.0 Å². The first-order valence-electron chi connectivity index (χ1n) is 7.83. The summed E-state index contributed by atoms with van der Waals surface area (Å²) in [6.45, 7) is 7.93. The highest BCUT2D eigenvalue weighted by molar-refractivity contribution is 5.28. The number of nitriles is 1. The van der Waals surface area contributed by atoms with Gasteiger partial charge in [-0.3, -0.25) is 0 Å². The molecule has 0 aromatic heterocycles. The topological polar surface area (TPSA) is 48.3 Å². The lowest BCUT2D eigenvalue weighted by Gasteiger charge is -2.31. The fraction of sp³-hybridized carbons (Fsp3) is 0.588. The van der Waals surface area contributed by atoms with Crippen LogP contribution in [-0.2, 0) is 6.54 Å². The molecule has 1 heterocycles. The van der Waals surface area contributed by atoms with Crippen LogP contribution in [0.5, 0.6) is 5.75 Å². The molecule has 114 valence electrons. The standard InChI is InChI=1S/C17H25N3O/c1-2-20-9-6-15(7-10-20)13-19-14-16-4-3-5-17(12-16)21-11-8-18/h3-5,12,15,19H,2,6-7,9-11,13-14H2,1H3. The summed E-state index contributed by atoms with van der Waals surface area (Å²) in [7, 11) is 0. The molecule has 0 aliphatic carbocycles. The summed E-state index contributed by atoms with van der Waals surface area (Å²) in [6, 6.07) is 9.95. The van der Waals surface area contributed by atoms with Crippen LogP contribution in [0.4, 0.5) is 0 Å². The van der Waals surface area contributed by atoms with Gasteiger partial charge in [0.05, 0.1) is 0 Å². The molecule has 2 rings (SSSR count). The summed E-state index contributed by atoms with van der Waals surface area (Å²) in [6.07, 6.45) is 2.60. The molecule has 1 aliphatic heterocycles. The number of likely N-dealkylation sites (tertiary alicyclic amines) is 1. The monoisotopic (exact) mass is 287 g/mol. The maximum Gasteiger partial charge on any atom is 0.174 e. The first-order chi connectivity index (χ1) is 10.3. The predicted octanol–water partition coefficient (Wildman–Crippen LogP) is 2.41. The molecule has 4 heteroatoms. The Bertz CT molecular complexity index is 461. The van der Waals surface area contributed by atoms with Crippen molar-refractivity contribution < 1.29 is 4.74 Å². The van der Waals surface area contributed by atoms with Crippen molar-refractivity contribution in [1.29, 1.82) is 5.26 Å². The molecule has 1 saturated heterocycles. The zero-order chi connectivity index (χ0) is 14.9. The van der Waals surface area contributed by atoms with Crippen molar-refractivity contribution in [3.8, 4) is 11.8 Å². The number of piperidine rings is 1. The fourth-order valence-electron chi connectivity index (χ4n) is 2.79. The molecule has 1 fully saturated rings. The number of nitrogens with zero attached hydrogens (tertiary/aromatic N) is 2. The molecule has 0 spiro atoms. The Hall–Kier alpha value is -1.57. The van der Waals surface area contributed by atoms with Gasteiger partial charge in [-0.05, 0) is 62.6 Å². The third-order valence-corrected chi connectivity index (χ3v) is 4.12. The number of benzene rings is 1. The van der Waals surface area contributed by atoms with Gasteiger partial charge in [-0.1, -0.05) is 19.1 Å². The highest BCUT2D eigenvalue weighted by Crippen LogP contribution is 2.17. The van der Waals surface area contributed by atoms with Gasteiger partial charge in [0.25, 0.3) is 0 Å². The fourth-order valence-corrected chi connectivity index (χ4v) is 2.79. The van der Waals surface area contributed by atoms with E-state index < -0.39 is 0 Å². The van der Waals surface area contributed by atoms with Crippen LogP contribution < -0.4 is 10.1 Å². The van der Waals surface area contributed by atoms with E-state index in [1.165, 1.54) is 38.0 Å². The number of hydrogen-bond acceptors (Lipinski definition) is 4. The Morgan fingerprint density at radius 1 is 1.38 bits per heavy atom. The summed E-state index contributed by atoms with van der Waals surface area (Å²) >= 11 is 0. The first kappa shape index (κ1) is 15.8. The largest absolute Gasteiger partial charge is 0.479 e. The van der Waals surface area contributed by atoms with Crippen molar-refractivity contribution in [1.82, 2.24) is 10.2 Å². The Labute approximate surface area is 127 Å². The Morgan fingerprint density at radius 3 is 2.90 bits per heavy atom. The van der Waals surface area contributed by atoms with E-state index in [0.717, 1.165) is 24.8 Å². The van der Waals surface area contributed by atoms with Crippen LogP contribution in [0, 0.1) is 17.2 Å². The lowest BCUT2D eigenvalue weighted by atomic mass is 9.97. The van der Waals surface area contributed by atoms with Gasteiger partial charge in [0, 0.05) is 6.54 Å². The summed E-state index contributed by atoms with van der Waals surface area (Å²) in [5.41, 5.74) is 1.21. The van der Waals surface area contributed by atoms with Gasteiger partial charge in [-0.15, -0.1) is 0 Å². The lowest BCUT2D eigenvalue weighted by Crippen LogP contribution is -2.36. The number of nitrogens with one attached hydrogen (secondary N) is 1. The molecule has 1 N–H and O–H groups in total. The molecule has 1 aromatic rings. The quantitative estimate of drug-likeness (QED) is 0.836. The average molecular weight is 287 g/mol. The lowest BCUT2D eigenvalue weighted by molar-refractivity contribution is 0.190. The molecular weight excluding hydrogens is 262 g/mol. The van der Waals surface area contributed by atoms with Crippen molar-refractivity contribution in [3.63, 3.8) is 0 Å². The third-order valence-electron chi connectivity index (χ3n) is 4.12. The van der Waals surface area contributed by atoms with Crippen molar-refractivity contribution in [2.45, 2.75) is 26.3 Å². The van der Waals surface area contributed by atoms with E-state index in [1.54, 1.807) is 0 Å². The maximum atomic E-state index is 8.53. The van der Waals surface area contributed by atoms with E-state index in [9.17, 15) is 0 Å². The highest BCUT2D eigenvalue weighted by atomic mass is 16.5. The Morgan fingerprint density at radius 2 is 2.19 bits per heavy atom. The summed E-state index contributed by atoms with van der Waals surface area (Å²) in [5, 5.41) is 12.1. The van der Waals surface area contributed by atoms with Gasteiger partial charge >= 0.3 is 0 Å². The van der Waals surface area contributed by atoms with Crippen LogP contribution in [0.2, 0.25) is 0 Å². The summed E-state index contributed by atoms with van der Waals surface area (Å²) < 4.78 is 5.32. The van der Waals surface area contributed by atoms with Crippen molar-refractivity contribution >= 4 is 0 Å². The second kappa shape index (κ2) is 8.66. The van der Waals surface area contributed by atoms with E-state index in [4.69, 9.17) is 10.00 Å². The predicted molar refractivity (Wildman–Crippen MR) is 84.1 cm³/mol. The van der Waals surface area contributed by atoms with Gasteiger partial charge in [0.15, 0.2) is 6.61 Å². The van der Waals surface area contributed by atoms with Crippen LogP contribution in [0.15, 0.2) is 24.3 Å². The number of hydrogen-bond donors (Lipinski definition) is 1. The van der Waals surface area contributed by atoms with Gasteiger partial charge in [-0.25, -0.2) is 0 Å². The molecule has 0 unspecified atom stereocenters. The molecule has 1 aliphatic rings. The Balaban J connectivity index is 1.70. The molecular formula is C17H25N3O. The van der Waals surface area contributed by atoms with Gasteiger partial charge in [0.1, 0.15) is 11.8 Å². The van der Waals surface area contributed by atoms with Crippen LogP contribution in [0.3, 0.4) is 0 Å². The van der Waals surface area contributed by atoms with Crippen LogP contribution in [0.25, 0.3) is 0 Å². The number of ether oxygens (including phenoxy) is 1. The molecule has 0 bridgehead atoms. The average Bonchev–Trinajstić information content (AvgIpc) is 2.54. The molecule has 0 atom stereocenters. The van der Waals surface area contributed by atoms with E-state index >= 15 is 0 Å². The van der Waals surface area contributed by atoms with Crippen molar-refractivity contribution in [2.24, 2.45) is 5.92 Å². The minimum atomic E-state index is 0.104. The van der Waals surface area contributed by atoms with E-state index in [2.05, 4.69) is 23.2 Å². The first-order valence-corrected chi connectivity index (χ1v) is 7.83. The third kappa shape index (κ3) is 5.37. The van der Waals surface area contributed by atoms with E-state index in [-0.39, 0.29) is 6.61 Å². The van der Waals surface area contributed by atoms with E-state index in [1.807, 2.05) is 24.3 Å². The molecule has 4 nitrogen and oxygen atoms in total. The van der Waals surface area contributed by atoms with Gasteiger partial charge in [0.2, 0.25) is 0 Å². The SMILES string of the molecule is CCN1CCC(CNCc2cccc(OCC#N)c2)CC1. The second-order valence-electron chi connectivity index (χ2n) is 5.60. The van der Waals surface area contributed by atoms with Crippen LogP contribution in [-0.4, -0.2) is 37.7 Å². The van der Waals surface area contributed by atoms with Crippen LogP contribution in [0.1, 0.15) is 25.3 Å². The smallest absolute Gasteiger partial charge is 0.174 e. The summed E-state index contributed by atoms with van der Waals surface area (Å²) in [5.74, 6) is 1.57. The Kier molecular flexibility index (Phi) is 6.52. The molecule has 0 saturated carbocycles. The highest BCUT2D eigenvalue weighted by Gasteiger charge is 2.17. The van der Waals surface area contributed by atoms with Crippen LogP contribution >= 0.6 is 0 Å². The molecule has 21 heavy (non-hydrogen) atoms. The minimum Gasteiger partial charge on any atom is -0.479 e. The number of rotatable bonds is 7. The van der Waals surface area contributed by atoms with Crippen molar-refractivity contribution in [3.05, 3.63) is 29.8 Å². The minimum absolute atomic E-state index is 0.104. The zero-order valence-corrected chi connectivity index (χ0v) is 12.8. The van der Waals surface area contributed by atoms with Crippen molar-refractivity contribution in [2.75, 3.05) is 32.8 Å². The summed E-state index contributed by atoms with van der Waals surface area (Å²) in [4.78, 5) is 2.52. The van der Waals surface area contributed by atoms with E-state index in [0.29, 0.717) is 0 Å². The zero-order valence-electron chi connectivity index (χ0n) is 12.8. The normalized spacial score (nSPS) is 16.6. The molecule has 0 radical (unpaired) electrons. The maximum absolute atomic E-state index is 8.53. The second-order valence-corrected chi connectivity index (χ2v) is 5.60.